The third-order valence-electron chi connectivity index (χ3n) is 5.10. The number of carbonyl (C=O) groups excluding carboxylic acids is 3. The number of fused-ring (bicyclic) bond motifs is 1. The van der Waals surface area contributed by atoms with Crippen LogP contribution in [-0.2, 0) is 11.3 Å². The Bertz CT molecular complexity index is 1280. The van der Waals surface area contributed by atoms with E-state index in [2.05, 4.69) is 16.0 Å². The molecule has 3 N–H and O–H groups in total. The molecule has 1 heterocycles. The average Bonchev–Trinajstić information content (AvgIpc) is 3.36. The van der Waals surface area contributed by atoms with Crippen LogP contribution < -0.4 is 16.0 Å². The minimum Gasteiger partial charge on any atom is -0.467 e. The highest BCUT2D eigenvalue weighted by molar-refractivity contribution is 6.04. The van der Waals surface area contributed by atoms with Crippen molar-refractivity contribution in [3.8, 4) is 0 Å². The van der Waals surface area contributed by atoms with Crippen LogP contribution in [0.25, 0.3) is 10.8 Å². The first-order chi connectivity index (χ1) is 16.1. The first-order valence-electron chi connectivity index (χ1n) is 10.6. The number of anilines is 1. The Labute approximate surface area is 190 Å². The van der Waals surface area contributed by atoms with E-state index in [0.717, 1.165) is 10.8 Å². The van der Waals surface area contributed by atoms with Crippen molar-refractivity contribution in [3.05, 3.63) is 102 Å². The molecule has 0 aliphatic rings. The van der Waals surface area contributed by atoms with E-state index in [0.29, 0.717) is 22.6 Å². The summed E-state index contributed by atoms with van der Waals surface area (Å²) in [5.74, 6) is -0.245. The molecule has 4 aromatic rings. The number of carbonyl (C=O) groups is 3. The Morgan fingerprint density at radius 1 is 0.758 bits per heavy atom. The molecule has 0 spiro atoms. The van der Waals surface area contributed by atoms with Crippen LogP contribution in [0.5, 0.6) is 0 Å². The molecule has 0 aliphatic heterocycles. The van der Waals surface area contributed by atoms with Gasteiger partial charge in [-0.1, -0.05) is 42.5 Å². The molecule has 0 bridgehead atoms. The van der Waals surface area contributed by atoms with Crippen molar-refractivity contribution in [2.24, 2.45) is 0 Å². The molecule has 7 heteroatoms. The summed E-state index contributed by atoms with van der Waals surface area (Å²) in [6.45, 7) is 0.416. The molecule has 4 rings (SSSR count). The van der Waals surface area contributed by atoms with Gasteiger partial charge in [0.25, 0.3) is 11.8 Å². The van der Waals surface area contributed by atoms with Gasteiger partial charge in [0.2, 0.25) is 5.91 Å². The number of hydrogen-bond donors (Lipinski definition) is 3. The maximum absolute atomic E-state index is 12.5. The van der Waals surface area contributed by atoms with Gasteiger partial charge in [0.1, 0.15) is 5.76 Å². The second-order valence-corrected chi connectivity index (χ2v) is 7.42. The molecule has 0 atom stereocenters. The Morgan fingerprint density at radius 2 is 1.55 bits per heavy atom. The molecule has 0 saturated heterocycles. The summed E-state index contributed by atoms with van der Waals surface area (Å²) >= 11 is 0. The minimum absolute atomic E-state index is 0.0711. The third kappa shape index (κ3) is 5.65. The number of nitrogens with one attached hydrogen (secondary N) is 3. The van der Waals surface area contributed by atoms with Crippen molar-refractivity contribution in [1.29, 1.82) is 0 Å². The van der Waals surface area contributed by atoms with E-state index in [-0.39, 0.29) is 37.2 Å². The van der Waals surface area contributed by atoms with Gasteiger partial charge in [0.15, 0.2) is 0 Å². The highest BCUT2D eigenvalue weighted by Crippen LogP contribution is 2.17. The number of amides is 3. The van der Waals surface area contributed by atoms with Gasteiger partial charge >= 0.3 is 0 Å². The lowest BCUT2D eigenvalue weighted by Gasteiger charge is -2.11. The van der Waals surface area contributed by atoms with Crippen LogP contribution in [0.1, 0.15) is 32.9 Å². The van der Waals surface area contributed by atoms with Gasteiger partial charge in [-0.3, -0.25) is 14.4 Å². The molecular formula is C26H23N3O4. The molecule has 0 saturated carbocycles. The van der Waals surface area contributed by atoms with Gasteiger partial charge in [-0.25, -0.2) is 0 Å². The van der Waals surface area contributed by atoms with Gasteiger partial charge in [-0.2, -0.15) is 0 Å². The second-order valence-electron chi connectivity index (χ2n) is 7.42. The number of rotatable bonds is 8. The molecule has 7 nitrogen and oxygen atoms in total. The average molecular weight is 441 g/mol. The zero-order chi connectivity index (χ0) is 23.0. The number of para-hydroxylation sites is 1. The molecule has 0 fully saturated rings. The SMILES string of the molecule is O=C(CCNC(=O)c1ccc2ccccc2c1)Nc1ccccc1C(=O)NCc1ccco1. The maximum atomic E-state index is 12.5. The number of hydrogen-bond acceptors (Lipinski definition) is 4. The van der Waals surface area contributed by atoms with Crippen LogP contribution in [0.2, 0.25) is 0 Å². The molecule has 0 unspecified atom stereocenters. The van der Waals surface area contributed by atoms with Gasteiger partial charge in [-0.15, -0.1) is 0 Å². The summed E-state index contributed by atoms with van der Waals surface area (Å²) in [6, 6.07) is 23.5. The van der Waals surface area contributed by atoms with Crippen molar-refractivity contribution in [2.45, 2.75) is 13.0 Å². The maximum Gasteiger partial charge on any atom is 0.253 e. The summed E-state index contributed by atoms with van der Waals surface area (Å²) in [4.78, 5) is 37.4. The van der Waals surface area contributed by atoms with Gasteiger partial charge in [0.05, 0.1) is 24.1 Å². The molecule has 3 aromatic carbocycles. The highest BCUT2D eigenvalue weighted by Gasteiger charge is 2.14. The van der Waals surface area contributed by atoms with Crippen LogP contribution in [-0.4, -0.2) is 24.3 Å². The molecule has 1 aromatic heterocycles. The predicted octanol–water partition coefficient (Wildman–Crippen LogP) is 4.12. The molecule has 0 aliphatic carbocycles. The number of furan rings is 1. The summed E-state index contributed by atoms with van der Waals surface area (Å²) in [6.07, 6.45) is 1.61. The Hall–Kier alpha value is -4.39. The van der Waals surface area contributed by atoms with Crippen molar-refractivity contribution in [1.82, 2.24) is 10.6 Å². The van der Waals surface area contributed by atoms with Crippen LogP contribution in [0.4, 0.5) is 5.69 Å². The lowest BCUT2D eigenvalue weighted by molar-refractivity contribution is -0.116. The van der Waals surface area contributed by atoms with Crippen molar-refractivity contribution < 1.29 is 18.8 Å². The molecule has 3 amide bonds. The molecule has 0 radical (unpaired) electrons. The molecule has 166 valence electrons. The lowest BCUT2D eigenvalue weighted by Crippen LogP contribution is -2.28. The van der Waals surface area contributed by atoms with Crippen LogP contribution >= 0.6 is 0 Å². The van der Waals surface area contributed by atoms with Gasteiger partial charge < -0.3 is 20.4 Å². The fourth-order valence-electron chi connectivity index (χ4n) is 3.40. The standard InChI is InChI=1S/C26H23N3O4/c30-24(13-14-27-25(31)20-12-11-18-6-1-2-7-19(18)16-20)29-23-10-4-3-9-22(23)26(32)28-17-21-8-5-15-33-21/h1-12,15-16H,13-14,17H2,(H,27,31)(H,28,32)(H,29,30). The fourth-order valence-corrected chi connectivity index (χ4v) is 3.40. The van der Waals surface area contributed by atoms with Crippen LogP contribution in [0, 0.1) is 0 Å². The third-order valence-corrected chi connectivity index (χ3v) is 5.10. The van der Waals surface area contributed by atoms with Gasteiger partial charge in [0, 0.05) is 18.5 Å². The highest BCUT2D eigenvalue weighted by atomic mass is 16.3. The van der Waals surface area contributed by atoms with E-state index in [1.54, 1.807) is 42.5 Å². The zero-order valence-corrected chi connectivity index (χ0v) is 17.8. The van der Waals surface area contributed by atoms with E-state index in [1.165, 1.54) is 6.26 Å². The summed E-state index contributed by atoms with van der Waals surface area (Å²) < 4.78 is 5.21. The van der Waals surface area contributed by atoms with Crippen LogP contribution in [0.15, 0.2) is 89.5 Å². The Balaban J connectivity index is 1.29. The predicted molar refractivity (Wildman–Crippen MR) is 126 cm³/mol. The van der Waals surface area contributed by atoms with Gasteiger partial charge in [-0.05, 0) is 47.2 Å². The fraction of sp³-hybridized carbons (Fsp3) is 0.115. The Morgan fingerprint density at radius 3 is 2.36 bits per heavy atom. The van der Waals surface area contributed by atoms with E-state index in [1.807, 2.05) is 36.4 Å². The smallest absolute Gasteiger partial charge is 0.253 e. The van der Waals surface area contributed by atoms with Crippen molar-refractivity contribution >= 4 is 34.2 Å². The first kappa shape index (κ1) is 21.8. The topological polar surface area (TPSA) is 100 Å². The van der Waals surface area contributed by atoms with E-state index in [9.17, 15) is 14.4 Å². The monoisotopic (exact) mass is 441 g/mol. The quantitative estimate of drug-likeness (QED) is 0.383. The Kier molecular flexibility index (Phi) is 6.80. The molecule has 33 heavy (non-hydrogen) atoms. The van der Waals surface area contributed by atoms with Crippen LogP contribution in [0.3, 0.4) is 0 Å². The normalized spacial score (nSPS) is 10.5. The van der Waals surface area contributed by atoms with E-state index < -0.39 is 0 Å². The second kappa shape index (κ2) is 10.3. The summed E-state index contributed by atoms with van der Waals surface area (Å²) in [7, 11) is 0. The lowest BCUT2D eigenvalue weighted by atomic mass is 10.1. The summed E-state index contributed by atoms with van der Waals surface area (Å²) in [5, 5.41) is 10.3. The van der Waals surface area contributed by atoms with E-state index in [4.69, 9.17) is 4.42 Å². The first-order valence-corrected chi connectivity index (χ1v) is 10.6. The zero-order valence-electron chi connectivity index (χ0n) is 17.8. The summed E-state index contributed by atoms with van der Waals surface area (Å²) in [5.41, 5.74) is 1.28. The number of benzene rings is 3. The largest absolute Gasteiger partial charge is 0.467 e. The molecular weight excluding hydrogens is 418 g/mol. The van der Waals surface area contributed by atoms with Crippen molar-refractivity contribution in [3.63, 3.8) is 0 Å². The van der Waals surface area contributed by atoms with Crippen molar-refractivity contribution in [2.75, 3.05) is 11.9 Å². The van der Waals surface area contributed by atoms with E-state index >= 15 is 0 Å². The minimum atomic E-state index is -0.327.